The van der Waals surface area contributed by atoms with E-state index >= 15 is 0 Å². The summed E-state index contributed by atoms with van der Waals surface area (Å²) >= 11 is 0. The third kappa shape index (κ3) is 2.92. The van der Waals surface area contributed by atoms with Gasteiger partial charge in [-0.25, -0.2) is 0 Å². The number of rotatable bonds is 2. The lowest BCUT2D eigenvalue weighted by atomic mass is 10.1. The first kappa shape index (κ1) is 11.4. The van der Waals surface area contributed by atoms with Crippen molar-refractivity contribution in [3.05, 3.63) is 35.9 Å². The van der Waals surface area contributed by atoms with Gasteiger partial charge in [-0.2, -0.15) is 5.26 Å². The number of nitrogens with zero attached hydrogens (tertiary/aromatic N) is 3. The van der Waals surface area contributed by atoms with Gasteiger partial charge in [0.05, 0.1) is 0 Å². The first-order chi connectivity index (χ1) is 7.65. The zero-order chi connectivity index (χ0) is 12.0. The highest BCUT2D eigenvalue weighted by Gasteiger charge is 2.02. The van der Waals surface area contributed by atoms with Crippen LogP contribution in [0, 0.1) is 11.3 Å². The van der Waals surface area contributed by atoms with Crippen LogP contribution in [0.5, 0.6) is 0 Å². The van der Waals surface area contributed by atoms with Gasteiger partial charge in [0.2, 0.25) is 5.84 Å². The minimum Gasteiger partial charge on any atom is -0.378 e. The Kier molecular flexibility index (Phi) is 3.75. The fourth-order valence-electron chi connectivity index (χ4n) is 0.894. The van der Waals surface area contributed by atoms with Crippen LogP contribution in [0.2, 0.25) is 0 Å². The summed E-state index contributed by atoms with van der Waals surface area (Å²) in [5.41, 5.74) is 10.7. The highest BCUT2D eigenvalue weighted by Crippen LogP contribution is 2.00. The highest BCUT2D eigenvalue weighted by atomic mass is 16.1. The van der Waals surface area contributed by atoms with Gasteiger partial charge < -0.3 is 11.5 Å². The fourth-order valence-corrected chi connectivity index (χ4v) is 0.894. The van der Waals surface area contributed by atoms with Crippen molar-refractivity contribution in [2.75, 3.05) is 0 Å². The van der Waals surface area contributed by atoms with E-state index in [4.69, 9.17) is 16.7 Å². The minimum absolute atomic E-state index is 0.0600. The second-order valence-electron chi connectivity index (χ2n) is 2.78. The van der Waals surface area contributed by atoms with Gasteiger partial charge in [-0.15, -0.1) is 10.2 Å². The molecule has 0 aliphatic heterocycles. The average molecular weight is 215 g/mol. The number of amides is 1. The Morgan fingerprint density at radius 2 is 1.81 bits per heavy atom. The van der Waals surface area contributed by atoms with Crippen LogP contribution >= 0.6 is 0 Å². The standard InChI is InChI=1S/C10H9N5O/c11-6-8(7-4-2-1-3-5-7)14-15-9(12)10(13)16/h1-5H,(H2,12,15)(H2,13,16). The van der Waals surface area contributed by atoms with Gasteiger partial charge >= 0.3 is 0 Å². The van der Waals surface area contributed by atoms with Crippen LogP contribution < -0.4 is 11.5 Å². The van der Waals surface area contributed by atoms with Crippen molar-refractivity contribution >= 4 is 17.5 Å². The number of primary amides is 1. The smallest absolute Gasteiger partial charge is 0.285 e. The maximum Gasteiger partial charge on any atom is 0.285 e. The molecule has 0 unspecified atom stereocenters. The number of nitriles is 1. The van der Waals surface area contributed by atoms with E-state index in [9.17, 15) is 4.79 Å². The molecule has 6 heteroatoms. The molecule has 0 aromatic heterocycles. The Balaban J connectivity index is 3.02. The normalized spacial score (nSPS) is 11.9. The lowest BCUT2D eigenvalue weighted by molar-refractivity contribution is -0.112. The van der Waals surface area contributed by atoms with Gasteiger partial charge in [0.1, 0.15) is 6.07 Å². The number of benzene rings is 1. The summed E-state index contributed by atoms with van der Waals surface area (Å²) in [5, 5.41) is 15.7. The Labute approximate surface area is 91.9 Å². The molecule has 16 heavy (non-hydrogen) atoms. The van der Waals surface area contributed by atoms with E-state index in [0.717, 1.165) is 0 Å². The van der Waals surface area contributed by atoms with Crippen molar-refractivity contribution in [2.45, 2.75) is 0 Å². The third-order valence-electron chi connectivity index (χ3n) is 1.66. The molecular weight excluding hydrogens is 206 g/mol. The number of carbonyl (C=O) groups is 1. The molecule has 0 aliphatic rings. The van der Waals surface area contributed by atoms with E-state index in [2.05, 4.69) is 10.2 Å². The van der Waals surface area contributed by atoms with Gasteiger partial charge in [-0.1, -0.05) is 30.3 Å². The molecule has 0 heterocycles. The summed E-state index contributed by atoms with van der Waals surface area (Å²) in [6.45, 7) is 0. The minimum atomic E-state index is -0.880. The van der Waals surface area contributed by atoms with Crippen molar-refractivity contribution in [1.82, 2.24) is 0 Å². The van der Waals surface area contributed by atoms with Crippen molar-refractivity contribution in [3.8, 4) is 6.07 Å². The van der Waals surface area contributed by atoms with E-state index < -0.39 is 11.7 Å². The maximum atomic E-state index is 10.6. The van der Waals surface area contributed by atoms with Gasteiger partial charge in [0.15, 0.2) is 5.71 Å². The van der Waals surface area contributed by atoms with Crippen molar-refractivity contribution in [3.63, 3.8) is 0 Å². The molecular formula is C10H9N5O. The first-order valence-electron chi connectivity index (χ1n) is 4.31. The molecule has 0 fully saturated rings. The van der Waals surface area contributed by atoms with E-state index in [1.165, 1.54) is 0 Å². The molecule has 80 valence electrons. The lowest BCUT2D eigenvalue weighted by Crippen LogP contribution is -2.30. The van der Waals surface area contributed by atoms with Gasteiger partial charge in [-0.3, -0.25) is 4.79 Å². The van der Waals surface area contributed by atoms with Crippen LogP contribution in [0.4, 0.5) is 0 Å². The second kappa shape index (κ2) is 5.26. The van der Waals surface area contributed by atoms with Crippen LogP contribution in [0.15, 0.2) is 40.5 Å². The maximum absolute atomic E-state index is 10.6. The van der Waals surface area contributed by atoms with Crippen LogP contribution in [-0.4, -0.2) is 17.5 Å². The molecule has 1 rings (SSSR count). The van der Waals surface area contributed by atoms with Gasteiger partial charge in [0.25, 0.3) is 5.91 Å². The summed E-state index contributed by atoms with van der Waals surface area (Å²) in [4.78, 5) is 10.6. The second-order valence-corrected chi connectivity index (χ2v) is 2.78. The largest absolute Gasteiger partial charge is 0.378 e. The molecule has 4 N–H and O–H groups in total. The summed E-state index contributed by atoms with van der Waals surface area (Å²) in [6, 6.07) is 10.5. The predicted molar refractivity (Wildman–Crippen MR) is 59.4 cm³/mol. The van der Waals surface area contributed by atoms with Gasteiger partial charge in [0, 0.05) is 5.56 Å². The van der Waals surface area contributed by atoms with Crippen LogP contribution in [0.1, 0.15) is 5.56 Å². The molecule has 1 amide bonds. The molecule has 0 saturated heterocycles. The van der Waals surface area contributed by atoms with Crippen LogP contribution in [0.3, 0.4) is 0 Å². The number of hydrogen-bond acceptors (Lipinski definition) is 4. The molecule has 0 aliphatic carbocycles. The number of hydrogen-bond donors (Lipinski definition) is 2. The summed E-state index contributed by atoms with van der Waals surface area (Å²) in [7, 11) is 0. The Morgan fingerprint density at radius 1 is 1.19 bits per heavy atom. The number of amidine groups is 1. The monoisotopic (exact) mass is 215 g/mol. The number of nitrogens with two attached hydrogens (primary N) is 2. The molecule has 0 saturated carbocycles. The molecule has 6 nitrogen and oxygen atoms in total. The molecule has 0 bridgehead atoms. The Hall–Kier alpha value is -2.68. The van der Waals surface area contributed by atoms with Crippen LogP contribution in [-0.2, 0) is 4.79 Å². The Morgan fingerprint density at radius 3 is 2.31 bits per heavy atom. The summed E-state index contributed by atoms with van der Waals surface area (Å²) < 4.78 is 0. The average Bonchev–Trinajstić information content (AvgIpc) is 2.30. The first-order valence-corrected chi connectivity index (χ1v) is 4.31. The van der Waals surface area contributed by atoms with Crippen molar-refractivity contribution in [2.24, 2.45) is 21.7 Å². The quantitative estimate of drug-likeness (QED) is 0.402. The summed E-state index contributed by atoms with van der Waals surface area (Å²) in [6.07, 6.45) is 0. The Bertz CT molecular complexity index is 484. The van der Waals surface area contributed by atoms with E-state index in [-0.39, 0.29) is 5.71 Å². The summed E-state index contributed by atoms with van der Waals surface area (Å²) in [5.74, 6) is -1.32. The predicted octanol–water partition coefficient (Wildman–Crippen LogP) is -0.243. The van der Waals surface area contributed by atoms with Crippen molar-refractivity contribution < 1.29 is 4.79 Å². The molecule has 0 radical (unpaired) electrons. The molecule has 0 spiro atoms. The van der Waals surface area contributed by atoms with Crippen molar-refractivity contribution in [1.29, 1.82) is 5.26 Å². The number of carbonyl (C=O) groups excluding carboxylic acids is 1. The van der Waals surface area contributed by atoms with E-state index in [1.807, 2.05) is 6.07 Å². The zero-order valence-corrected chi connectivity index (χ0v) is 8.29. The lowest BCUT2D eigenvalue weighted by Gasteiger charge is -1.94. The molecule has 1 aromatic rings. The van der Waals surface area contributed by atoms with E-state index in [1.54, 1.807) is 30.3 Å². The van der Waals surface area contributed by atoms with E-state index in [0.29, 0.717) is 5.56 Å². The molecule has 0 atom stereocenters. The topological polar surface area (TPSA) is 118 Å². The third-order valence-corrected chi connectivity index (χ3v) is 1.66. The zero-order valence-electron chi connectivity index (χ0n) is 8.29. The highest BCUT2D eigenvalue weighted by molar-refractivity contribution is 6.36. The van der Waals surface area contributed by atoms with Crippen LogP contribution in [0.25, 0.3) is 0 Å². The fraction of sp³-hybridized carbons (Fsp3) is 0. The molecule has 1 aromatic carbocycles. The SMILES string of the molecule is N#CC(=N/N=C(\N)C(N)=O)c1ccccc1. The van der Waals surface area contributed by atoms with Gasteiger partial charge in [-0.05, 0) is 0 Å².